The fraction of sp³-hybridized carbons (Fsp3) is 0.923. The summed E-state index contributed by atoms with van der Waals surface area (Å²) in [5.74, 6) is 0.775. The molecule has 1 aliphatic heterocycles. The minimum Gasteiger partial charge on any atom is -0.450 e. The maximum Gasteiger partial charge on any atom is 0.409 e. The van der Waals surface area contributed by atoms with E-state index >= 15 is 0 Å². The molecule has 4 heteroatoms. The van der Waals surface area contributed by atoms with Crippen LogP contribution in [0.2, 0.25) is 0 Å². The Morgan fingerprint density at radius 1 is 1.41 bits per heavy atom. The van der Waals surface area contributed by atoms with E-state index in [0.717, 1.165) is 44.8 Å². The summed E-state index contributed by atoms with van der Waals surface area (Å²) in [4.78, 5) is 13.4. The van der Waals surface area contributed by atoms with Crippen LogP contribution in [0, 0.1) is 11.3 Å². The SMILES string of the molecule is CCOC(=O)N1CCC(C2(CCN)CC2)CC1. The first kappa shape index (κ1) is 12.7. The van der Waals surface area contributed by atoms with Crippen molar-refractivity contribution in [1.29, 1.82) is 0 Å². The zero-order valence-electron chi connectivity index (χ0n) is 10.8. The first-order valence-electron chi connectivity index (χ1n) is 6.83. The van der Waals surface area contributed by atoms with Gasteiger partial charge in [-0.15, -0.1) is 0 Å². The number of ether oxygens (including phenoxy) is 1. The lowest BCUT2D eigenvalue weighted by Gasteiger charge is -2.35. The third-order valence-electron chi connectivity index (χ3n) is 4.42. The van der Waals surface area contributed by atoms with Gasteiger partial charge < -0.3 is 15.4 Å². The third kappa shape index (κ3) is 2.73. The molecule has 98 valence electrons. The molecule has 0 radical (unpaired) electrons. The van der Waals surface area contributed by atoms with E-state index in [1.54, 1.807) is 0 Å². The molecule has 1 heterocycles. The summed E-state index contributed by atoms with van der Waals surface area (Å²) in [5.41, 5.74) is 6.23. The van der Waals surface area contributed by atoms with Gasteiger partial charge in [-0.3, -0.25) is 0 Å². The Morgan fingerprint density at radius 3 is 2.53 bits per heavy atom. The summed E-state index contributed by atoms with van der Waals surface area (Å²) in [6.45, 7) is 4.84. The number of rotatable bonds is 4. The zero-order chi connectivity index (χ0) is 12.3. The highest BCUT2D eigenvalue weighted by atomic mass is 16.6. The molecule has 0 aromatic heterocycles. The van der Waals surface area contributed by atoms with E-state index in [2.05, 4.69) is 0 Å². The van der Waals surface area contributed by atoms with Gasteiger partial charge in [-0.1, -0.05) is 0 Å². The lowest BCUT2D eigenvalue weighted by molar-refractivity contribution is 0.0802. The van der Waals surface area contributed by atoms with E-state index in [9.17, 15) is 4.79 Å². The summed E-state index contributed by atoms with van der Waals surface area (Å²) < 4.78 is 5.03. The fourth-order valence-corrected chi connectivity index (χ4v) is 3.20. The van der Waals surface area contributed by atoms with E-state index in [0.29, 0.717) is 12.0 Å². The van der Waals surface area contributed by atoms with Gasteiger partial charge in [0.15, 0.2) is 0 Å². The molecule has 0 spiro atoms. The number of carbonyl (C=O) groups is 1. The van der Waals surface area contributed by atoms with E-state index in [4.69, 9.17) is 10.5 Å². The number of nitrogens with zero attached hydrogens (tertiary/aromatic N) is 1. The molecule has 2 aliphatic rings. The predicted molar refractivity (Wildman–Crippen MR) is 66.7 cm³/mol. The summed E-state index contributed by atoms with van der Waals surface area (Å²) in [5, 5.41) is 0. The number of likely N-dealkylation sites (tertiary alicyclic amines) is 1. The predicted octanol–water partition coefficient (Wildman–Crippen LogP) is 1.98. The summed E-state index contributed by atoms with van der Waals surface area (Å²) in [6, 6.07) is 0. The highest BCUT2D eigenvalue weighted by Gasteiger charge is 2.48. The fourth-order valence-electron chi connectivity index (χ4n) is 3.20. The van der Waals surface area contributed by atoms with Gasteiger partial charge in [0.05, 0.1) is 6.61 Å². The van der Waals surface area contributed by atoms with Crippen LogP contribution in [0.25, 0.3) is 0 Å². The molecular formula is C13H24N2O2. The monoisotopic (exact) mass is 240 g/mol. The van der Waals surface area contributed by atoms with E-state index < -0.39 is 0 Å². The molecule has 0 bridgehead atoms. The van der Waals surface area contributed by atoms with Crippen LogP contribution < -0.4 is 5.73 Å². The van der Waals surface area contributed by atoms with Crippen molar-refractivity contribution in [3.8, 4) is 0 Å². The third-order valence-corrected chi connectivity index (χ3v) is 4.42. The first-order valence-corrected chi connectivity index (χ1v) is 6.83. The maximum atomic E-state index is 11.6. The minimum absolute atomic E-state index is 0.144. The van der Waals surface area contributed by atoms with Crippen molar-refractivity contribution in [2.75, 3.05) is 26.2 Å². The van der Waals surface area contributed by atoms with Crippen LogP contribution in [0.1, 0.15) is 39.0 Å². The number of hydrogen-bond donors (Lipinski definition) is 1. The van der Waals surface area contributed by atoms with Gasteiger partial charge in [-0.25, -0.2) is 4.79 Å². The topological polar surface area (TPSA) is 55.6 Å². The minimum atomic E-state index is -0.144. The van der Waals surface area contributed by atoms with Crippen molar-refractivity contribution >= 4 is 6.09 Å². The second-order valence-electron chi connectivity index (χ2n) is 5.36. The van der Waals surface area contributed by atoms with Crippen molar-refractivity contribution in [1.82, 2.24) is 4.90 Å². The summed E-state index contributed by atoms with van der Waals surface area (Å²) in [7, 11) is 0. The van der Waals surface area contributed by atoms with Gasteiger partial charge in [0.2, 0.25) is 0 Å². The van der Waals surface area contributed by atoms with Crippen molar-refractivity contribution < 1.29 is 9.53 Å². The van der Waals surface area contributed by atoms with Crippen LogP contribution in [0.15, 0.2) is 0 Å². The Bertz CT molecular complexity index is 269. The molecule has 0 aromatic carbocycles. The second kappa shape index (κ2) is 5.25. The molecule has 2 N–H and O–H groups in total. The van der Waals surface area contributed by atoms with E-state index in [1.165, 1.54) is 12.8 Å². The Balaban J connectivity index is 1.80. The van der Waals surface area contributed by atoms with E-state index in [-0.39, 0.29) is 6.09 Å². The zero-order valence-corrected chi connectivity index (χ0v) is 10.8. The lowest BCUT2D eigenvalue weighted by Crippen LogP contribution is -2.41. The van der Waals surface area contributed by atoms with Crippen LogP contribution in [-0.4, -0.2) is 37.2 Å². The molecule has 0 atom stereocenters. The number of piperidine rings is 1. The van der Waals surface area contributed by atoms with Gasteiger partial charge in [0.1, 0.15) is 0 Å². The lowest BCUT2D eigenvalue weighted by atomic mass is 9.79. The molecule has 4 nitrogen and oxygen atoms in total. The molecule has 1 amide bonds. The normalized spacial score (nSPS) is 23.5. The van der Waals surface area contributed by atoms with Crippen molar-refractivity contribution in [2.24, 2.45) is 17.1 Å². The number of hydrogen-bond acceptors (Lipinski definition) is 3. The molecule has 17 heavy (non-hydrogen) atoms. The van der Waals surface area contributed by atoms with Crippen molar-refractivity contribution in [3.63, 3.8) is 0 Å². The average Bonchev–Trinajstić information content (AvgIpc) is 3.11. The van der Waals surface area contributed by atoms with Gasteiger partial charge in [-0.05, 0) is 56.9 Å². The average molecular weight is 240 g/mol. The van der Waals surface area contributed by atoms with Crippen molar-refractivity contribution in [2.45, 2.75) is 39.0 Å². The Morgan fingerprint density at radius 2 is 2.06 bits per heavy atom. The number of nitrogens with two attached hydrogens (primary N) is 1. The molecule has 2 fully saturated rings. The van der Waals surface area contributed by atoms with Crippen LogP contribution in [0.4, 0.5) is 4.79 Å². The van der Waals surface area contributed by atoms with Gasteiger partial charge in [0.25, 0.3) is 0 Å². The molecule has 1 aliphatic carbocycles. The number of amides is 1. The largest absolute Gasteiger partial charge is 0.450 e. The highest BCUT2D eigenvalue weighted by Crippen LogP contribution is 2.57. The Kier molecular flexibility index (Phi) is 3.92. The molecule has 2 rings (SSSR count). The maximum absolute atomic E-state index is 11.6. The highest BCUT2D eigenvalue weighted by molar-refractivity contribution is 5.67. The smallest absolute Gasteiger partial charge is 0.409 e. The van der Waals surface area contributed by atoms with Crippen LogP contribution in [0.3, 0.4) is 0 Å². The van der Waals surface area contributed by atoms with Crippen LogP contribution in [0.5, 0.6) is 0 Å². The standard InChI is InChI=1S/C13H24N2O2/c1-2-17-12(16)15-9-3-11(4-10-15)13(5-6-13)7-8-14/h11H,2-10,14H2,1H3. The van der Waals surface area contributed by atoms with Crippen molar-refractivity contribution in [3.05, 3.63) is 0 Å². The van der Waals surface area contributed by atoms with Gasteiger partial charge in [-0.2, -0.15) is 0 Å². The Hall–Kier alpha value is -0.770. The summed E-state index contributed by atoms with van der Waals surface area (Å²) in [6.07, 6.45) is 5.95. The molecular weight excluding hydrogens is 216 g/mol. The Labute approximate surface area is 103 Å². The van der Waals surface area contributed by atoms with Gasteiger partial charge in [0, 0.05) is 13.1 Å². The van der Waals surface area contributed by atoms with Gasteiger partial charge >= 0.3 is 6.09 Å². The quantitative estimate of drug-likeness (QED) is 0.817. The second-order valence-corrected chi connectivity index (χ2v) is 5.36. The number of carbonyl (C=O) groups excluding carboxylic acids is 1. The molecule has 0 unspecified atom stereocenters. The summed E-state index contributed by atoms with van der Waals surface area (Å²) >= 11 is 0. The van der Waals surface area contributed by atoms with E-state index in [1.807, 2.05) is 11.8 Å². The van der Waals surface area contributed by atoms with Crippen LogP contribution in [-0.2, 0) is 4.74 Å². The van der Waals surface area contributed by atoms with Crippen LogP contribution >= 0.6 is 0 Å². The molecule has 1 saturated heterocycles. The molecule has 1 saturated carbocycles. The first-order chi connectivity index (χ1) is 8.22. The molecule has 0 aromatic rings.